The summed E-state index contributed by atoms with van der Waals surface area (Å²) < 4.78 is 20.3. The number of aliphatic hydroxyl groups excluding tert-OH is 4. The lowest BCUT2D eigenvalue weighted by Gasteiger charge is -2.38. The highest BCUT2D eigenvalue weighted by atomic mass is 16.7. The number of ether oxygens (including phenoxy) is 4. The van der Waals surface area contributed by atoms with Gasteiger partial charge < -0.3 is 39.4 Å². The summed E-state index contributed by atoms with van der Waals surface area (Å²) in [6, 6.07) is 5.01. The second kappa shape index (κ2) is 8.97. The summed E-state index contributed by atoms with van der Waals surface area (Å²) >= 11 is 0. The Kier molecular flexibility index (Phi) is 6.95. The molecule has 1 unspecified atom stereocenters. The van der Waals surface area contributed by atoms with E-state index in [0.717, 1.165) is 6.08 Å². The Morgan fingerprint density at radius 2 is 1.81 bits per heavy atom. The third-order valence-electron chi connectivity index (χ3n) is 3.90. The Hall–Kier alpha value is -2.17. The molecule has 1 aromatic rings. The summed E-state index contributed by atoms with van der Waals surface area (Å²) in [5, 5.41) is 38.3. The van der Waals surface area contributed by atoms with Crippen LogP contribution in [0, 0.1) is 0 Å². The van der Waals surface area contributed by atoms with Crippen molar-refractivity contribution in [3.05, 3.63) is 29.8 Å². The fourth-order valence-corrected chi connectivity index (χ4v) is 2.44. The van der Waals surface area contributed by atoms with E-state index in [-0.39, 0.29) is 0 Å². The molecule has 0 aliphatic carbocycles. The predicted octanol–water partition coefficient (Wildman–Crippen LogP) is -0.940. The van der Waals surface area contributed by atoms with Gasteiger partial charge in [0.15, 0.2) is 11.5 Å². The Balaban J connectivity index is 2.02. The molecule has 0 saturated carbocycles. The van der Waals surface area contributed by atoms with Gasteiger partial charge in [0.25, 0.3) is 0 Å². The van der Waals surface area contributed by atoms with Crippen LogP contribution in [-0.2, 0) is 14.3 Å². The van der Waals surface area contributed by atoms with Gasteiger partial charge in [-0.05, 0) is 23.8 Å². The Bertz CT molecular complexity index is 643. The number of benzene rings is 1. The summed E-state index contributed by atoms with van der Waals surface area (Å²) in [7, 11) is 2.99. The van der Waals surface area contributed by atoms with Gasteiger partial charge in [-0.15, -0.1) is 0 Å². The van der Waals surface area contributed by atoms with Crippen molar-refractivity contribution in [1.82, 2.24) is 0 Å². The molecule has 0 amide bonds. The Labute approximate surface area is 150 Å². The quantitative estimate of drug-likeness (QED) is 0.370. The molecule has 2 rings (SSSR count). The Morgan fingerprint density at radius 3 is 2.42 bits per heavy atom. The summed E-state index contributed by atoms with van der Waals surface area (Å²) in [6.45, 7) is -0.611. The van der Waals surface area contributed by atoms with Crippen LogP contribution in [0.3, 0.4) is 0 Å². The first-order chi connectivity index (χ1) is 12.4. The average molecular weight is 370 g/mol. The summed E-state index contributed by atoms with van der Waals surface area (Å²) in [5.74, 6) is 0.176. The fraction of sp³-hybridized carbons (Fsp3) is 0.471. The molecular weight excluding hydrogens is 348 g/mol. The van der Waals surface area contributed by atoms with Crippen LogP contribution in [-0.4, -0.2) is 77.9 Å². The molecule has 9 nitrogen and oxygen atoms in total. The third-order valence-corrected chi connectivity index (χ3v) is 3.90. The van der Waals surface area contributed by atoms with E-state index in [9.17, 15) is 20.1 Å². The summed E-state index contributed by atoms with van der Waals surface area (Å²) in [4.78, 5) is 11.9. The van der Waals surface area contributed by atoms with Gasteiger partial charge in [0.2, 0.25) is 6.29 Å². The first kappa shape index (κ1) is 20.1. The molecule has 1 aromatic carbocycles. The Morgan fingerprint density at radius 1 is 1.12 bits per heavy atom. The van der Waals surface area contributed by atoms with Crippen LogP contribution in [0.4, 0.5) is 0 Å². The molecule has 1 aliphatic heterocycles. The number of hydrogen-bond donors (Lipinski definition) is 4. The third kappa shape index (κ3) is 4.51. The van der Waals surface area contributed by atoms with Crippen LogP contribution in [0.1, 0.15) is 5.56 Å². The molecule has 4 N–H and O–H groups in total. The first-order valence-electron chi connectivity index (χ1n) is 7.82. The van der Waals surface area contributed by atoms with Gasteiger partial charge in [0.05, 0.1) is 20.8 Å². The average Bonchev–Trinajstić information content (AvgIpc) is 2.66. The summed E-state index contributed by atoms with van der Waals surface area (Å²) in [5.41, 5.74) is 0.633. The van der Waals surface area contributed by atoms with Crippen molar-refractivity contribution in [3.8, 4) is 11.5 Å². The molecule has 144 valence electrons. The molecule has 1 aliphatic rings. The van der Waals surface area contributed by atoms with E-state index in [1.807, 2.05) is 0 Å². The van der Waals surface area contributed by atoms with Crippen LogP contribution in [0.25, 0.3) is 6.08 Å². The van der Waals surface area contributed by atoms with Gasteiger partial charge in [0, 0.05) is 6.08 Å². The molecule has 5 atom stereocenters. The predicted molar refractivity (Wildman–Crippen MR) is 88.4 cm³/mol. The normalized spacial score (nSPS) is 28.8. The van der Waals surface area contributed by atoms with E-state index >= 15 is 0 Å². The number of methoxy groups -OCH3 is 2. The maximum atomic E-state index is 11.9. The van der Waals surface area contributed by atoms with Crippen molar-refractivity contribution < 1.29 is 44.2 Å². The van der Waals surface area contributed by atoms with Gasteiger partial charge in [-0.25, -0.2) is 4.79 Å². The standard InChI is InChI=1S/C17H22O9/c1-23-10-5-3-9(7-11(10)24-2)4-6-13(19)26-17-16(22)15(21)14(20)12(8-18)25-17/h3-7,12,14-18,20-22H,8H2,1-2H3/b6-4+/t12-,14-,15+,16-,17?/m1/s1. The van der Waals surface area contributed by atoms with E-state index in [1.54, 1.807) is 18.2 Å². The molecule has 1 fully saturated rings. The second-order valence-corrected chi connectivity index (χ2v) is 5.58. The monoisotopic (exact) mass is 370 g/mol. The molecule has 26 heavy (non-hydrogen) atoms. The van der Waals surface area contributed by atoms with Crippen LogP contribution in [0.2, 0.25) is 0 Å². The lowest BCUT2D eigenvalue weighted by atomic mass is 9.99. The minimum atomic E-state index is -1.65. The number of esters is 1. The molecule has 9 heteroatoms. The summed E-state index contributed by atoms with van der Waals surface area (Å²) in [6.07, 6.45) is -4.90. The lowest BCUT2D eigenvalue weighted by molar-refractivity contribution is -0.291. The zero-order valence-corrected chi connectivity index (χ0v) is 14.3. The van der Waals surface area contributed by atoms with E-state index in [0.29, 0.717) is 17.1 Å². The second-order valence-electron chi connectivity index (χ2n) is 5.58. The maximum Gasteiger partial charge on any atom is 0.333 e. The van der Waals surface area contributed by atoms with Crippen molar-refractivity contribution in [2.75, 3.05) is 20.8 Å². The van der Waals surface area contributed by atoms with Crippen molar-refractivity contribution in [1.29, 1.82) is 0 Å². The highest BCUT2D eigenvalue weighted by molar-refractivity contribution is 5.87. The number of rotatable bonds is 6. The number of hydrogen-bond acceptors (Lipinski definition) is 9. The van der Waals surface area contributed by atoms with Crippen LogP contribution in [0.5, 0.6) is 11.5 Å². The van der Waals surface area contributed by atoms with Crippen molar-refractivity contribution in [2.24, 2.45) is 0 Å². The molecule has 1 heterocycles. The first-order valence-corrected chi connectivity index (χ1v) is 7.82. The zero-order valence-electron chi connectivity index (χ0n) is 14.3. The fourth-order valence-electron chi connectivity index (χ4n) is 2.44. The topological polar surface area (TPSA) is 135 Å². The zero-order chi connectivity index (χ0) is 19.3. The molecular formula is C17H22O9. The van der Waals surface area contributed by atoms with Crippen LogP contribution >= 0.6 is 0 Å². The van der Waals surface area contributed by atoms with E-state index in [4.69, 9.17) is 24.1 Å². The molecule has 0 bridgehead atoms. The minimum absolute atomic E-state index is 0.483. The maximum absolute atomic E-state index is 11.9. The van der Waals surface area contributed by atoms with Gasteiger partial charge in [0.1, 0.15) is 24.4 Å². The number of carbonyl (C=O) groups is 1. The van der Waals surface area contributed by atoms with E-state index in [2.05, 4.69) is 0 Å². The molecule has 1 saturated heterocycles. The van der Waals surface area contributed by atoms with Gasteiger partial charge in [-0.1, -0.05) is 6.07 Å². The van der Waals surface area contributed by atoms with Crippen molar-refractivity contribution in [2.45, 2.75) is 30.7 Å². The molecule has 0 radical (unpaired) electrons. The van der Waals surface area contributed by atoms with Gasteiger partial charge in [-0.2, -0.15) is 0 Å². The van der Waals surface area contributed by atoms with Crippen molar-refractivity contribution in [3.63, 3.8) is 0 Å². The molecule has 0 spiro atoms. The van der Waals surface area contributed by atoms with Gasteiger partial charge >= 0.3 is 5.97 Å². The van der Waals surface area contributed by atoms with Crippen LogP contribution < -0.4 is 9.47 Å². The minimum Gasteiger partial charge on any atom is -0.493 e. The largest absolute Gasteiger partial charge is 0.493 e. The van der Waals surface area contributed by atoms with Crippen LogP contribution in [0.15, 0.2) is 24.3 Å². The SMILES string of the molecule is COc1ccc(/C=C/C(=O)OC2O[C@H](CO)[C@@H](O)[C@H](O)[C@H]2O)cc1OC. The smallest absolute Gasteiger partial charge is 0.333 e. The van der Waals surface area contributed by atoms with Crippen molar-refractivity contribution >= 4 is 12.0 Å². The highest BCUT2D eigenvalue weighted by Crippen LogP contribution is 2.28. The number of aliphatic hydroxyl groups is 4. The van der Waals surface area contributed by atoms with E-state index in [1.165, 1.54) is 20.3 Å². The van der Waals surface area contributed by atoms with Gasteiger partial charge in [-0.3, -0.25) is 0 Å². The lowest BCUT2D eigenvalue weighted by Crippen LogP contribution is -2.59. The number of carbonyl (C=O) groups excluding carboxylic acids is 1. The van der Waals surface area contributed by atoms with E-state index < -0.39 is 43.3 Å². The molecule has 0 aromatic heterocycles. The highest BCUT2D eigenvalue weighted by Gasteiger charge is 2.45.